The molecule has 16 heavy (non-hydrogen) atoms. The molecule has 1 aromatic rings. The molecule has 2 rings (SSSR count). The number of carbonyl (C=O) groups is 1. The second-order valence-electron chi connectivity index (χ2n) is 4.20. The van der Waals surface area contributed by atoms with E-state index in [2.05, 4.69) is 19.9 Å². The first-order valence-electron chi connectivity index (χ1n) is 6.06. The van der Waals surface area contributed by atoms with Crippen LogP contribution >= 0.6 is 0 Å². The van der Waals surface area contributed by atoms with Gasteiger partial charge < -0.3 is 4.90 Å². The van der Waals surface area contributed by atoms with Crippen LogP contribution in [0.4, 0.5) is 5.69 Å². The Morgan fingerprint density at radius 3 is 2.50 bits per heavy atom. The topological polar surface area (TPSA) is 20.3 Å². The Hall–Kier alpha value is -1.31. The molecule has 1 saturated heterocycles. The first kappa shape index (κ1) is 12.8. The number of aryl methyl sites for hydroxylation is 1. The summed E-state index contributed by atoms with van der Waals surface area (Å²) in [6, 6.07) is 8.10. The minimum absolute atomic E-state index is 0.255. The van der Waals surface area contributed by atoms with Gasteiger partial charge in [-0.25, -0.2) is 0 Å². The summed E-state index contributed by atoms with van der Waals surface area (Å²) in [6.07, 6.45) is 2.95. The fourth-order valence-corrected chi connectivity index (χ4v) is 1.72. The van der Waals surface area contributed by atoms with Crippen molar-refractivity contribution in [2.75, 3.05) is 11.4 Å². The Bertz CT molecular complexity index is 346. The van der Waals surface area contributed by atoms with Crippen molar-refractivity contribution in [2.45, 2.75) is 40.0 Å². The molecule has 1 fully saturated rings. The van der Waals surface area contributed by atoms with Crippen molar-refractivity contribution in [3.8, 4) is 0 Å². The van der Waals surface area contributed by atoms with Gasteiger partial charge in [0.25, 0.3) is 0 Å². The zero-order valence-corrected chi connectivity index (χ0v) is 10.5. The Morgan fingerprint density at radius 1 is 1.31 bits per heavy atom. The van der Waals surface area contributed by atoms with E-state index < -0.39 is 0 Å². The Balaban J connectivity index is 0.000000386. The molecule has 0 saturated carbocycles. The average molecular weight is 219 g/mol. The minimum atomic E-state index is 0.255. The van der Waals surface area contributed by atoms with E-state index in [1.54, 1.807) is 0 Å². The summed E-state index contributed by atoms with van der Waals surface area (Å²) in [7, 11) is 0. The summed E-state index contributed by atoms with van der Waals surface area (Å²) in [4.78, 5) is 13.3. The van der Waals surface area contributed by atoms with Crippen molar-refractivity contribution in [1.29, 1.82) is 0 Å². The first-order valence-corrected chi connectivity index (χ1v) is 6.06. The number of rotatable bonds is 1. The highest BCUT2D eigenvalue weighted by Gasteiger charge is 2.21. The first-order chi connectivity index (χ1) is 7.69. The maximum atomic E-state index is 11.4. The Morgan fingerprint density at radius 2 is 2.00 bits per heavy atom. The second kappa shape index (κ2) is 6.31. The number of hydrogen-bond acceptors (Lipinski definition) is 1. The molecule has 0 atom stereocenters. The molecule has 0 spiro atoms. The zero-order chi connectivity index (χ0) is 12.0. The van der Waals surface area contributed by atoms with Crippen LogP contribution in [0.1, 0.15) is 38.7 Å². The van der Waals surface area contributed by atoms with E-state index in [4.69, 9.17) is 0 Å². The van der Waals surface area contributed by atoms with E-state index in [1.165, 1.54) is 12.0 Å². The van der Waals surface area contributed by atoms with Crippen LogP contribution in [0, 0.1) is 6.92 Å². The van der Waals surface area contributed by atoms with Crippen LogP contribution in [-0.4, -0.2) is 12.5 Å². The standard InChI is InChI=1S/C11H13NO.C3H8/c1-9-4-2-5-10(8-9)12-7-3-6-11(12)13;1-3-2/h2,4-5,8H,3,6-7H2,1H3;3H2,1-2H3. The molecule has 0 N–H and O–H groups in total. The van der Waals surface area contributed by atoms with E-state index in [-0.39, 0.29) is 5.91 Å². The van der Waals surface area contributed by atoms with Gasteiger partial charge in [-0.1, -0.05) is 32.4 Å². The zero-order valence-electron chi connectivity index (χ0n) is 10.5. The molecule has 0 unspecified atom stereocenters. The average Bonchev–Trinajstić information content (AvgIpc) is 2.65. The van der Waals surface area contributed by atoms with Gasteiger partial charge in [-0.2, -0.15) is 0 Å². The lowest BCUT2D eigenvalue weighted by Crippen LogP contribution is -2.23. The van der Waals surface area contributed by atoms with Crippen molar-refractivity contribution in [3.05, 3.63) is 29.8 Å². The third-order valence-corrected chi connectivity index (χ3v) is 2.39. The van der Waals surface area contributed by atoms with Gasteiger partial charge in [-0.15, -0.1) is 0 Å². The third kappa shape index (κ3) is 3.37. The van der Waals surface area contributed by atoms with E-state index >= 15 is 0 Å². The van der Waals surface area contributed by atoms with Crippen molar-refractivity contribution < 1.29 is 4.79 Å². The smallest absolute Gasteiger partial charge is 0.227 e. The van der Waals surface area contributed by atoms with E-state index in [0.717, 1.165) is 18.7 Å². The van der Waals surface area contributed by atoms with Crippen molar-refractivity contribution in [2.24, 2.45) is 0 Å². The van der Waals surface area contributed by atoms with Crippen molar-refractivity contribution in [1.82, 2.24) is 0 Å². The highest BCUT2D eigenvalue weighted by Crippen LogP contribution is 2.21. The molecule has 88 valence electrons. The van der Waals surface area contributed by atoms with Gasteiger partial charge in [0.05, 0.1) is 0 Å². The Kier molecular flexibility index (Phi) is 5.03. The number of anilines is 1. The number of benzene rings is 1. The molecule has 0 bridgehead atoms. The van der Waals surface area contributed by atoms with Crippen molar-refractivity contribution in [3.63, 3.8) is 0 Å². The number of hydrogen-bond donors (Lipinski definition) is 0. The summed E-state index contributed by atoms with van der Waals surface area (Å²) in [5.74, 6) is 0.255. The molecule has 0 aliphatic carbocycles. The lowest BCUT2D eigenvalue weighted by Gasteiger charge is -2.15. The van der Waals surface area contributed by atoms with Gasteiger partial charge in [0.15, 0.2) is 0 Å². The van der Waals surface area contributed by atoms with Gasteiger partial charge >= 0.3 is 0 Å². The summed E-state index contributed by atoms with van der Waals surface area (Å²) in [5.41, 5.74) is 2.25. The molecular formula is C14H21NO. The molecule has 1 aromatic carbocycles. The molecule has 1 aliphatic heterocycles. The molecule has 1 aliphatic rings. The predicted molar refractivity (Wildman–Crippen MR) is 68.7 cm³/mol. The quantitative estimate of drug-likeness (QED) is 0.707. The molecule has 0 aromatic heterocycles. The summed E-state index contributed by atoms with van der Waals surface area (Å²) < 4.78 is 0. The second-order valence-corrected chi connectivity index (χ2v) is 4.20. The number of nitrogens with zero attached hydrogens (tertiary/aromatic N) is 1. The van der Waals surface area contributed by atoms with Gasteiger partial charge in [0.1, 0.15) is 0 Å². The van der Waals surface area contributed by atoms with E-state index in [9.17, 15) is 4.79 Å². The van der Waals surface area contributed by atoms with Crippen molar-refractivity contribution >= 4 is 11.6 Å². The summed E-state index contributed by atoms with van der Waals surface area (Å²) in [5, 5.41) is 0. The lowest BCUT2D eigenvalue weighted by molar-refractivity contribution is -0.117. The predicted octanol–water partition coefficient (Wildman–Crippen LogP) is 3.54. The summed E-state index contributed by atoms with van der Waals surface area (Å²) >= 11 is 0. The molecule has 0 radical (unpaired) electrons. The van der Waals surface area contributed by atoms with Crippen LogP contribution in [0.15, 0.2) is 24.3 Å². The Labute approximate surface area is 98.3 Å². The monoisotopic (exact) mass is 219 g/mol. The fourth-order valence-electron chi connectivity index (χ4n) is 1.72. The van der Waals surface area contributed by atoms with Crippen LogP contribution in [0.3, 0.4) is 0 Å². The molecule has 2 nitrogen and oxygen atoms in total. The fraction of sp³-hybridized carbons (Fsp3) is 0.500. The molecule has 2 heteroatoms. The van der Waals surface area contributed by atoms with Crippen LogP contribution < -0.4 is 4.90 Å². The number of amides is 1. The maximum absolute atomic E-state index is 11.4. The van der Waals surface area contributed by atoms with E-state index in [1.807, 2.05) is 30.0 Å². The highest BCUT2D eigenvalue weighted by molar-refractivity contribution is 5.95. The minimum Gasteiger partial charge on any atom is -0.312 e. The molecule has 1 heterocycles. The molecule has 1 amide bonds. The van der Waals surface area contributed by atoms with Gasteiger partial charge in [-0.05, 0) is 31.0 Å². The largest absolute Gasteiger partial charge is 0.312 e. The van der Waals surface area contributed by atoms with Gasteiger partial charge in [0.2, 0.25) is 5.91 Å². The van der Waals surface area contributed by atoms with Crippen LogP contribution in [-0.2, 0) is 4.79 Å². The maximum Gasteiger partial charge on any atom is 0.227 e. The van der Waals surface area contributed by atoms with E-state index in [0.29, 0.717) is 6.42 Å². The highest BCUT2D eigenvalue weighted by atomic mass is 16.2. The number of carbonyl (C=O) groups excluding carboxylic acids is 1. The third-order valence-electron chi connectivity index (χ3n) is 2.39. The molecular weight excluding hydrogens is 198 g/mol. The lowest BCUT2D eigenvalue weighted by atomic mass is 10.2. The van der Waals surface area contributed by atoms with Crippen LogP contribution in [0.25, 0.3) is 0 Å². The summed E-state index contributed by atoms with van der Waals surface area (Å²) in [6.45, 7) is 7.17. The van der Waals surface area contributed by atoms with Crippen LogP contribution in [0.5, 0.6) is 0 Å². The van der Waals surface area contributed by atoms with Gasteiger partial charge in [-0.3, -0.25) is 4.79 Å². The van der Waals surface area contributed by atoms with Gasteiger partial charge in [0, 0.05) is 18.7 Å². The van der Waals surface area contributed by atoms with Crippen LogP contribution in [0.2, 0.25) is 0 Å². The SMILES string of the molecule is CCC.Cc1cccc(N2CCCC2=O)c1. The normalized spacial score (nSPS) is 14.7.